The molecule has 1 fully saturated rings. The van der Waals surface area contributed by atoms with Crippen molar-refractivity contribution in [1.82, 2.24) is 25.0 Å². The molecule has 32 heavy (non-hydrogen) atoms. The molecule has 168 valence electrons. The maximum absolute atomic E-state index is 12.8. The summed E-state index contributed by atoms with van der Waals surface area (Å²) in [5, 5.41) is 11.6. The van der Waals surface area contributed by atoms with Gasteiger partial charge in [-0.1, -0.05) is 0 Å². The highest BCUT2D eigenvalue weighted by Gasteiger charge is 2.33. The number of alkyl halides is 3. The number of aldehydes is 1. The largest absolute Gasteiger partial charge is 0.417 e. The van der Waals surface area contributed by atoms with E-state index in [2.05, 4.69) is 30.4 Å². The van der Waals surface area contributed by atoms with Crippen molar-refractivity contribution in [1.29, 1.82) is 0 Å². The van der Waals surface area contributed by atoms with Gasteiger partial charge in [0.05, 0.1) is 23.6 Å². The number of carbonyl (C=O) groups excluding carboxylic acids is 1. The molecule has 0 spiro atoms. The summed E-state index contributed by atoms with van der Waals surface area (Å²) in [5.74, 6) is 0.380. The molecule has 3 aromatic rings. The number of aryl methyl sites for hydroxylation is 1. The van der Waals surface area contributed by atoms with Crippen molar-refractivity contribution < 1.29 is 18.0 Å². The van der Waals surface area contributed by atoms with E-state index in [4.69, 9.17) is 0 Å². The predicted molar refractivity (Wildman–Crippen MR) is 112 cm³/mol. The number of piperidine rings is 1. The Morgan fingerprint density at radius 1 is 1.22 bits per heavy atom. The van der Waals surface area contributed by atoms with Gasteiger partial charge in [-0.2, -0.15) is 23.4 Å². The Balaban J connectivity index is 1.63. The van der Waals surface area contributed by atoms with Gasteiger partial charge in [0.2, 0.25) is 0 Å². The molecular weight excluding hydrogens is 423 g/mol. The first-order valence-electron chi connectivity index (χ1n) is 10.2. The van der Waals surface area contributed by atoms with Crippen LogP contribution in [0.15, 0.2) is 36.8 Å². The summed E-state index contributed by atoms with van der Waals surface area (Å²) in [6, 6.07) is 4.13. The molecule has 0 unspecified atom stereocenters. The van der Waals surface area contributed by atoms with Crippen LogP contribution in [0, 0.1) is 6.92 Å². The molecule has 1 aliphatic heterocycles. The lowest BCUT2D eigenvalue weighted by Gasteiger charge is -2.42. The molecule has 8 nitrogen and oxygen atoms in total. The first-order valence-corrected chi connectivity index (χ1v) is 10.2. The van der Waals surface area contributed by atoms with Gasteiger partial charge in [-0.25, -0.2) is 9.97 Å². The molecule has 3 aromatic heterocycles. The van der Waals surface area contributed by atoms with Crippen LogP contribution < -0.4 is 10.2 Å². The van der Waals surface area contributed by atoms with Gasteiger partial charge in [0.1, 0.15) is 17.2 Å². The van der Waals surface area contributed by atoms with Gasteiger partial charge in [0.25, 0.3) is 0 Å². The molecule has 4 rings (SSSR count). The molecule has 0 bridgehead atoms. The number of carbonyl (C=O) groups is 1. The van der Waals surface area contributed by atoms with Crippen LogP contribution >= 0.6 is 0 Å². The zero-order chi connectivity index (χ0) is 22.9. The fraction of sp³-hybridized carbons (Fsp3) is 0.381. The van der Waals surface area contributed by atoms with E-state index in [0.717, 1.165) is 37.3 Å². The van der Waals surface area contributed by atoms with Crippen LogP contribution in [0.4, 0.5) is 24.7 Å². The average Bonchev–Trinajstić information content (AvgIpc) is 3.28. The van der Waals surface area contributed by atoms with Crippen LogP contribution in [-0.2, 0) is 6.18 Å². The normalized spacial score (nSPS) is 19.1. The summed E-state index contributed by atoms with van der Waals surface area (Å²) in [6.45, 7) is 4.57. The molecule has 1 saturated heterocycles. The van der Waals surface area contributed by atoms with Crippen LogP contribution in [-0.4, -0.2) is 49.9 Å². The van der Waals surface area contributed by atoms with E-state index in [1.807, 2.05) is 19.9 Å². The summed E-state index contributed by atoms with van der Waals surface area (Å²) >= 11 is 0. The first kappa shape index (κ1) is 21.7. The molecule has 0 radical (unpaired) electrons. The number of hydrogen-bond donors (Lipinski definition) is 1. The Hall–Kier alpha value is -3.50. The summed E-state index contributed by atoms with van der Waals surface area (Å²) in [5.41, 5.74) is 1.41. The smallest absolute Gasteiger partial charge is 0.365 e. The minimum absolute atomic E-state index is 0.0524. The summed E-state index contributed by atoms with van der Waals surface area (Å²) < 4.78 is 38.5. The van der Waals surface area contributed by atoms with Crippen molar-refractivity contribution in [3.05, 3.63) is 53.7 Å². The van der Waals surface area contributed by atoms with Crippen LogP contribution in [0.2, 0.25) is 0 Å². The molecule has 1 N–H and O–H groups in total. The van der Waals surface area contributed by atoms with Gasteiger partial charge in [0.15, 0.2) is 6.29 Å². The Kier molecular flexibility index (Phi) is 5.81. The Bertz CT molecular complexity index is 1080. The maximum Gasteiger partial charge on any atom is 0.417 e. The fourth-order valence-electron chi connectivity index (χ4n) is 4.02. The van der Waals surface area contributed by atoms with Crippen molar-refractivity contribution in [2.75, 3.05) is 16.8 Å². The van der Waals surface area contributed by atoms with E-state index in [1.165, 1.54) is 23.3 Å². The molecular formula is C21H22F3N7O. The van der Waals surface area contributed by atoms with Gasteiger partial charge >= 0.3 is 6.18 Å². The van der Waals surface area contributed by atoms with Gasteiger partial charge in [-0.3, -0.25) is 4.79 Å². The molecule has 0 aliphatic carbocycles. The maximum atomic E-state index is 12.8. The minimum atomic E-state index is -4.42. The second-order valence-electron chi connectivity index (χ2n) is 7.71. The number of anilines is 2. The number of rotatable bonds is 5. The lowest BCUT2D eigenvalue weighted by atomic mass is 9.96. The van der Waals surface area contributed by atoms with Crippen molar-refractivity contribution in [3.8, 4) is 5.69 Å². The lowest BCUT2D eigenvalue weighted by molar-refractivity contribution is -0.137. The molecule has 4 heterocycles. The number of hydrogen-bond acceptors (Lipinski definition) is 7. The minimum Gasteiger partial charge on any atom is -0.365 e. The van der Waals surface area contributed by atoms with Gasteiger partial charge in [-0.15, -0.1) is 4.80 Å². The van der Waals surface area contributed by atoms with E-state index >= 15 is 0 Å². The average molecular weight is 445 g/mol. The van der Waals surface area contributed by atoms with Gasteiger partial charge in [-0.05, 0) is 44.9 Å². The van der Waals surface area contributed by atoms with E-state index < -0.39 is 11.7 Å². The van der Waals surface area contributed by atoms with Crippen molar-refractivity contribution >= 4 is 17.8 Å². The first-order chi connectivity index (χ1) is 15.3. The standard InChI is InChI=1S/C21H22F3N7O/c1-13-10-18(20(17(12-32)28-13)31-26-7-8-27-31)30-9-3-4-16(14(30)2)29-19-6-5-15(11-25-19)21(22,23)24/h5-8,10-12,14,16H,3-4,9H2,1-2H3,(H,25,29)/t14-,16+/m0/s1. The SMILES string of the molecule is Cc1cc(N2CCC[C@@H](Nc3ccc(C(F)(F)F)cn3)[C@@H]2C)c(-n2nccn2)c(C=O)n1. The molecule has 1 aliphatic rings. The summed E-state index contributed by atoms with van der Waals surface area (Å²) in [7, 11) is 0. The van der Waals surface area contributed by atoms with Gasteiger partial charge in [0, 0.05) is 30.5 Å². The van der Waals surface area contributed by atoms with E-state index in [1.54, 1.807) is 0 Å². The van der Waals surface area contributed by atoms with Gasteiger partial charge < -0.3 is 10.2 Å². The van der Waals surface area contributed by atoms with E-state index in [-0.39, 0.29) is 17.8 Å². The zero-order valence-electron chi connectivity index (χ0n) is 17.5. The van der Waals surface area contributed by atoms with Crippen LogP contribution in [0.5, 0.6) is 0 Å². The van der Waals surface area contributed by atoms with Crippen molar-refractivity contribution in [2.45, 2.75) is 44.9 Å². The van der Waals surface area contributed by atoms with E-state index in [9.17, 15) is 18.0 Å². The topological polar surface area (TPSA) is 88.8 Å². The number of halogens is 3. The molecule has 0 aromatic carbocycles. The highest BCUT2D eigenvalue weighted by atomic mass is 19.4. The molecule has 0 amide bonds. The number of aromatic nitrogens is 5. The number of nitrogens with one attached hydrogen (secondary N) is 1. The Labute approximate surface area is 182 Å². The monoisotopic (exact) mass is 445 g/mol. The number of nitrogens with zero attached hydrogens (tertiary/aromatic N) is 6. The van der Waals surface area contributed by atoms with E-state index in [0.29, 0.717) is 23.5 Å². The van der Waals surface area contributed by atoms with Crippen LogP contribution in [0.25, 0.3) is 5.69 Å². The second-order valence-corrected chi connectivity index (χ2v) is 7.71. The molecule has 2 atom stereocenters. The van der Waals surface area contributed by atoms with Crippen molar-refractivity contribution in [2.24, 2.45) is 0 Å². The Morgan fingerprint density at radius 2 is 1.97 bits per heavy atom. The highest BCUT2D eigenvalue weighted by molar-refractivity contribution is 5.84. The summed E-state index contributed by atoms with van der Waals surface area (Å²) in [6.07, 6.45) is 1.81. The fourth-order valence-corrected chi connectivity index (χ4v) is 4.02. The third-order valence-corrected chi connectivity index (χ3v) is 5.58. The predicted octanol–water partition coefficient (Wildman–Crippen LogP) is 3.67. The third kappa shape index (κ3) is 4.27. The zero-order valence-corrected chi connectivity index (χ0v) is 17.5. The molecule has 0 saturated carbocycles. The van der Waals surface area contributed by atoms with Crippen LogP contribution in [0.1, 0.15) is 41.5 Å². The van der Waals surface area contributed by atoms with Crippen molar-refractivity contribution in [3.63, 3.8) is 0 Å². The summed E-state index contributed by atoms with van der Waals surface area (Å²) in [4.78, 5) is 23.5. The lowest BCUT2D eigenvalue weighted by Crippen LogP contribution is -2.50. The Morgan fingerprint density at radius 3 is 2.59 bits per heavy atom. The second kappa shape index (κ2) is 8.56. The van der Waals surface area contributed by atoms with Crippen LogP contribution in [0.3, 0.4) is 0 Å². The third-order valence-electron chi connectivity index (χ3n) is 5.58. The number of pyridine rings is 2. The molecule has 11 heteroatoms. The highest BCUT2D eigenvalue weighted by Crippen LogP contribution is 2.33. The quantitative estimate of drug-likeness (QED) is 0.600.